The van der Waals surface area contributed by atoms with E-state index in [0.717, 1.165) is 24.3 Å². The van der Waals surface area contributed by atoms with Gasteiger partial charge in [-0.25, -0.2) is 4.79 Å². The summed E-state index contributed by atoms with van der Waals surface area (Å²) < 4.78 is 0. The van der Waals surface area contributed by atoms with Crippen molar-refractivity contribution in [2.24, 2.45) is 0 Å². The molecule has 2 atom stereocenters. The Hall–Kier alpha value is -1.55. The standard InChI is InChI=1S/C15H22N2O2/c1-10-5-6-13(7-14(10)15(18)19)17-8-11(2)16(4)12(3)9-17/h5-7,11-12H,8-9H2,1-4H3,(H,18,19)/t11-,12+. The molecule has 1 fully saturated rings. The smallest absolute Gasteiger partial charge is 0.336 e. The number of likely N-dealkylation sites (N-methyl/N-ethyl adjacent to an activating group) is 1. The van der Waals surface area contributed by atoms with Crippen molar-refractivity contribution in [3.05, 3.63) is 29.3 Å². The molecule has 104 valence electrons. The van der Waals surface area contributed by atoms with Crippen molar-refractivity contribution < 1.29 is 9.90 Å². The van der Waals surface area contributed by atoms with E-state index in [2.05, 4.69) is 30.7 Å². The topological polar surface area (TPSA) is 43.8 Å². The van der Waals surface area contributed by atoms with Gasteiger partial charge >= 0.3 is 5.97 Å². The summed E-state index contributed by atoms with van der Waals surface area (Å²) in [5.41, 5.74) is 2.22. The van der Waals surface area contributed by atoms with Crippen molar-refractivity contribution in [3.8, 4) is 0 Å². The molecule has 1 N–H and O–H groups in total. The molecule has 0 unspecified atom stereocenters. The van der Waals surface area contributed by atoms with E-state index >= 15 is 0 Å². The lowest BCUT2D eigenvalue weighted by Crippen LogP contribution is -2.55. The first-order valence-corrected chi connectivity index (χ1v) is 6.71. The Morgan fingerprint density at radius 2 is 1.84 bits per heavy atom. The quantitative estimate of drug-likeness (QED) is 0.887. The molecule has 1 heterocycles. The Kier molecular flexibility index (Phi) is 3.80. The molecule has 4 nitrogen and oxygen atoms in total. The van der Waals surface area contributed by atoms with Crippen molar-refractivity contribution in [2.45, 2.75) is 32.9 Å². The van der Waals surface area contributed by atoms with Crippen molar-refractivity contribution >= 4 is 11.7 Å². The number of nitrogens with zero attached hydrogens (tertiary/aromatic N) is 2. The van der Waals surface area contributed by atoms with E-state index in [1.807, 2.05) is 19.1 Å². The minimum absolute atomic E-state index is 0.400. The molecule has 1 aliphatic heterocycles. The van der Waals surface area contributed by atoms with Crippen LogP contribution in [0.3, 0.4) is 0 Å². The maximum atomic E-state index is 11.2. The molecule has 1 aromatic carbocycles. The summed E-state index contributed by atoms with van der Waals surface area (Å²) in [5, 5.41) is 9.21. The third kappa shape index (κ3) is 2.73. The van der Waals surface area contributed by atoms with Gasteiger partial charge in [0.25, 0.3) is 0 Å². The summed E-state index contributed by atoms with van der Waals surface area (Å²) in [6, 6.07) is 6.65. The van der Waals surface area contributed by atoms with Crippen LogP contribution in [0.2, 0.25) is 0 Å². The van der Waals surface area contributed by atoms with Crippen molar-refractivity contribution in [2.75, 3.05) is 25.0 Å². The lowest BCUT2D eigenvalue weighted by molar-refractivity contribution is 0.0696. The number of carboxylic acids is 1. The Bertz CT molecular complexity index is 475. The van der Waals surface area contributed by atoms with Crippen molar-refractivity contribution in [3.63, 3.8) is 0 Å². The van der Waals surface area contributed by atoms with Gasteiger partial charge in [0, 0.05) is 30.9 Å². The summed E-state index contributed by atoms with van der Waals surface area (Å²) in [4.78, 5) is 15.9. The highest BCUT2D eigenvalue weighted by molar-refractivity contribution is 5.90. The molecule has 0 amide bonds. The largest absolute Gasteiger partial charge is 0.478 e. The zero-order valence-electron chi connectivity index (χ0n) is 12.1. The van der Waals surface area contributed by atoms with Crippen LogP contribution in [0.25, 0.3) is 0 Å². The van der Waals surface area contributed by atoms with E-state index in [1.54, 1.807) is 6.07 Å². The fraction of sp³-hybridized carbons (Fsp3) is 0.533. The van der Waals surface area contributed by atoms with Gasteiger partial charge in [-0.05, 0) is 45.5 Å². The van der Waals surface area contributed by atoms with Crippen LogP contribution in [0.15, 0.2) is 18.2 Å². The summed E-state index contributed by atoms with van der Waals surface area (Å²) >= 11 is 0. The van der Waals surface area contributed by atoms with Crippen LogP contribution in [0.4, 0.5) is 5.69 Å². The van der Waals surface area contributed by atoms with Crippen LogP contribution in [-0.2, 0) is 0 Å². The molecular weight excluding hydrogens is 240 g/mol. The molecule has 2 rings (SSSR count). The van der Waals surface area contributed by atoms with Gasteiger partial charge < -0.3 is 10.0 Å². The Morgan fingerprint density at radius 3 is 2.37 bits per heavy atom. The van der Waals surface area contributed by atoms with Crippen LogP contribution in [0, 0.1) is 6.92 Å². The number of piperazine rings is 1. The van der Waals surface area contributed by atoms with Gasteiger partial charge in [-0.15, -0.1) is 0 Å². The number of aryl methyl sites for hydroxylation is 1. The predicted molar refractivity (Wildman–Crippen MR) is 77.0 cm³/mol. The fourth-order valence-electron chi connectivity index (χ4n) is 2.65. The Morgan fingerprint density at radius 1 is 1.26 bits per heavy atom. The number of anilines is 1. The van der Waals surface area contributed by atoms with Crippen molar-refractivity contribution in [1.29, 1.82) is 0 Å². The third-order valence-corrected chi connectivity index (χ3v) is 4.18. The highest BCUT2D eigenvalue weighted by atomic mass is 16.4. The van der Waals surface area contributed by atoms with Crippen LogP contribution in [0.1, 0.15) is 29.8 Å². The van der Waals surface area contributed by atoms with Crippen LogP contribution >= 0.6 is 0 Å². The SMILES string of the molecule is Cc1ccc(N2C[C@@H](C)N(C)[C@@H](C)C2)cc1C(=O)O. The number of carbonyl (C=O) groups is 1. The maximum Gasteiger partial charge on any atom is 0.336 e. The van der Waals surface area contributed by atoms with E-state index < -0.39 is 5.97 Å². The third-order valence-electron chi connectivity index (χ3n) is 4.18. The van der Waals surface area contributed by atoms with E-state index in [-0.39, 0.29) is 0 Å². The number of benzene rings is 1. The number of hydrogen-bond acceptors (Lipinski definition) is 3. The summed E-state index contributed by atoms with van der Waals surface area (Å²) in [7, 11) is 2.14. The number of rotatable bonds is 2. The second-order valence-corrected chi connectivity index (χ2v) is 5.57. The minimum Gasteiger partial charge on any atom is -0.478 e. The normalized spacial score (nSPS) is 24.5. The molecule has 0 bridgehead atoms. The molecule has 1 aliphatic rings. The average Bonchev–Trinajstić information content (AvgIpc) is 2.35. The summed E-state index contributed by atoms with van der Waals surface area (Å²) in [5.74, 6) is -0.852. The molecule has 1 saturated heterocycles. The zero-order valence-corrected chi connectivity index (χ0v) is 12.1. The van der Waals surface area contributed by atoms with Gasteiger partial charge in [-0.2, -0.15) is 0 Å². The first kappa shape index (κ1) is 13.9. The van der Waals surface area contributed by atoms with Crippen LogP contribution in [-0.4, -0.2) is 48.2 Å². The first-order chi connectivity index (χ1) is 8.90. The molecule has 0 saturated carbocycles. The molecule has 0 radical (unpaired) electrons. The molecule has 0 aromatic heterocycles. The molecule has 0 spiro atoms. The number of aromatic carboxylic acids is 1. The maximum absolute atomic E-state index is 11.2. The molecular formula is C15H22N2O2. The average molecular weight is 262 g/mol. The van der Waals surface area contributed by atoms with Gasteiger partial charge in [0.1, 0.15) is 0 Å². The van der Waals surface area contributed by atoms with Gasteiger partial charge in [-0.3, -0.25) is 4.90 Å². The molecule has 19 heavy (non-hydrogen) atoms. The second kappa shape index (κ2) is 5.21. The van der Waals surface area contributed by atoms with E-state index in [1.165, 1.54) is 0 Å². The van der Waals surface area contributed by atoms with Crippen molar-refractivity contribution in [1.82, 2.24) is 4.90 Å². The lowest BCUT2D eigenvalue weighted by Gasteiger charge is -2.43. The Labute approximate surface area is 114 Å². The first-order valence-electron chi connectivity index (χ1n) is 6.71. The van der Waals surface area contributed by atoms with Crippen LogP contribution < -0.4 is 4.90 Å². The second-order valence-electron chi connectivity index (χ2n) is 5.57. The van der Waals surface area contributed by atoms with E-state index in [4.69, 9.17) is 0 Å². The monoisotopic (exact) mass is 262 g/mol. The number of carboxylic acid groups (broad SMARTS) is 1. The van der Waals surface area contributed by atoms with E-state index in [9.17, 15) is 9.90 Å². The molecule has 4 heteroatoms. The van der Waals surface area contributed by atoms with Gasteiger partial charge in [-0.1, -0.05) is 6.07 Å². The highest BCUT2D eigenvalue weighted by Crippen LogP contribution is 2.24. The van der Waals surface area contributed by atoms with E-state index in [0.29, 0.717) is 17.6 Å². The number of hydrogen-bond donors (Lipinski definition) is 1. The zero-order chi connectivity index (χ0) is 14.2. The minimum atomic E-state index is -0.852. The van der Waals surface area contributed by atoms with Gasteiger partial charge in [0.05, 0.1) is 5.56 Å². The fourth-order valence-corrected chi connectivity index (χ4v) is 2.65. The Balaban J connectivity index is 2.27. The predicted octanol–water partition coefficient (Wildman–Crippen LogP) is 2.22. The highest BCUT2D eigenvalue weighted by Gasteiger charge is 2.27. The molecule has 1 aromatic rings. The van der Waals surface area contributed by atoms with Gasteiger partial charge in [0.2, 0.25) is 0 Å². The molecule has 0 aliphatic carbocycles. The summed E-state index contributed by atoms with van der Waals surface area (Å²) in [6.45, 7) is 8.11. The lowest BCUT2D eigenvalue weighted by atomic mass is 10.0. The summed E-state index contributed by atoms with van der Waals surface area (Å²) in [6.07, 6.45) is 0. The van der Waals surface area contributed by atoms with Gasteiger partial charge in [0.15, 0.2) is 0 Å². The van der Waals surface area contributed by atoms with Crippen LogP contribution in [0.5, 0.6) is 0 Å².